The average Bonchev–Trinajstić information content (AvgIpc) is 2.31. The Morgan fingerprint density at radius 3 is 2.94 bits per heavy atom. The van der Waals surface area contributed by atoms with Gasteiger partial charge in [0.05, 0.1) is 0 Å². The highest BCUT2D eigenvalue weighted by Crippen LogP contribution is 2.22. The molecule has 4 nitrogen and oxygen atoms in total. The Bertz CT molecular complexity index is 383. The van der Waals surface area contributed by atoms with Crippen LogP contribution in [0.5, 0.6) is 5.75 Å². The van der Waals surface area contributed by atoms with Crippen molar-refractivity contribution >= 4 is 21.8 Å². The van der Waals surface area contributed by atoms with E-state index in [1.165, 1.54) is 0 Å². The van der Waals surface area contributed by atoms with Crippen LogP contribution in [0, 0.1) is 0 Å². The summed E-state index contributed by atoms with van der Waals surface area (Å²) >= 11 is 3.45. The van der Waals surface area contributed by atoms with E-state index in [0.29, 0.717) is 18.8 Å². The number of carbonyl (C=O) groups excluding carboxylic acids is 1. The Morgan fingerprint density at radius 2 is 2.29 bits per heavy atom. The van der Waals surface area contributed by atoms with E-state index in [2.05, 4.69) is 21.2 Å². The molecule has 0 unspecified atom stereocenters. The van der Waals surface area contributed by atoms with Gasteiger partial charge in [-0.15, -0.1) is 0 Å². The van der Waals surface area contributed by atoms with Gasteiger partial charge in [-0.25, -0.2) is 0 Å². The molecular weight excluding hydrogens is 284 g/mol. The minimum Gasteiger partial charge on any atom is -0.484 e. The number of hydrogen-bond donors (Lipinski definition) is 2. The van der Waals surface area contributed by atoms with E-state index in [-0.39, 0.29) is 12.5 Å². The summed E-state index contributed by atoms with van der Waals surface area (Å²) in [6.45, 7) is 3.10. The molecule has 1 rings (SSSR count). The summed E-state index contributed by atoms with van der Waals surface area (Å²) in [5.74, 6) is 0.568. The molecule has 0 radical (unpaired) electrons. The van der Waals surface area contributed by atoms with Crippen molar-refractivity contribution in [2.24, 2.45) is 5.73 Å². The molecule has 0 atom stereocenters. The van der Waals surface area contributed by atoms with E-state index in [1.807, 2.05) is 25.1 Å². The maximum Gasteiger partial charge on any atom is 0.257 e. The lowest BCUT2D eigenvalue weighted by Crippen LogP contribution is -2.28. The number of carbonyl (C=O) groups is 1. The van der Waals surface area contributed by atoms with Crippen LogP contribution < -0.4 is 15.8 Å². The van der Waals surface area contributed by atoms with Crippen LogP contribution in [0.3, 0.4) is 0 Å². The highest BCUT2D eigenvalue weighted by Gasteiger charge is 2.04. The molecule has 0 aromatic heterocycles. The monoisotopic (exact) mass is 300 g/mol. The molecule has 0 bridgehead atoms. The van der Waals surface area contributed by atoms with E-state index in [4.69, 9.17) is 10.5 Å². The third kappa shape index (κ3) is 4.75. The highest BCUT2D eigenvalue weighted by molar-refractivity contribution is 9.10. The minimum atomic E-state index is -0.115. The number of amides is 1. The Morgan fingerprint density at radius 1 is 1.53 bits per heavy atom. The maximum atomic E-state index is 11.2. The Balaban J connectivity index is 2.59. The number of rotatable bonds is 6. The van der Waals surface area contributed by atoms with Gasteiger partial charge in [0.25, 0.3) is 5.91 Å². The Labute approximate surface area is 110 Å². The third-order valence-electron chi connectivity index (χ3n) is 2.17. The predicted molar refractivity (Wildman–Crippen MR) is 71.1 cm³/mol. The van der Waals surface area contributed by atoms with Crippen LogP contribution in [0.25, 0.3) is 0 Å². The van der Waals surface area contributed by atoms with Crippen molar-refractivity contribution in [1.82, 2.24) is 5.32 Å². The summed E-state index contributed by atoms with van der Waals surface area (Å²) in [4.78, 5) is 11.2. The quantitative estimate of drug-likeness (QED) is 0.836. The number of halogens is 1. The van der Waals surface area contributed by atoms with Crippen LogP contribution in [0.1, 0.15) is 12.5 Å². The summed E-state index contributed by atoms with van der Waals surface area (Å²) in [7, 11) is 0. The summed E-state index contributed by atoms with van der Waals surface area (Å²) in [6.07, 6.45) is 0.777. The van der Waals surface area contributed by atoms with Gasteiger partial charge in [0, 0.05) is 11.0 Å². The number of likely N-dealkylation sites (N-methyl/N-ethyl adjacent to an activating group) is 1. The zero-order valence-electron chi connectivity index (χ0n) is 9.83. The first kappa shape index (κ1) is 14.0. The fourth-order valence-corrected chi connectivity index (χ4v) is 1.83. The van der Waals surface area contributed by atoms with Gasteiger partial charge in [-0.3, -0.25) is 4.79 Å². The van der Waals surface area contributed by atoms with Gasteiger partial charge < -0.3 is 15.8 Å². The summed E-state index contributed by atoms with van der Waals surface area (Å²) < 4.78 is 6.40. The number of benzene rings is 1. The molecule has 0 saturated heterocycles. The molecule has 0 spiro atoms. The van der Waals surface area contributed by atoms with Crippen LogP contribution in [0.4, 0.5) is 0 Å². The first-order valence-electron chi connectivity index (χ1n) is 5.55. The lowest BCUT2D eigenvalue weighted by atomic mass is 10.1. The van der Waals surface area contributed by atoms with Crippen molar-refractivity contribution in [2.75, 3.05) is 19.7 Å². The van der Waals surface area contributed by atoms with Gasteiger partial charge in [0.15, 0.2) is 6.61 Å². The molecule has 0 saturated carbocycles. The van der Waals surface area contributed by atoms with Crippen molar-refractivity contribution in [3.05, 3.63) is 28.2 Å². The van der Waals surface area contributed by atoms with Gasteiger partial charge in [-0.05, 0) is 43.7 Å². The van der Waals surface area contributed by atoms with Gasteiger partial charge in [0.2, 0.25) is 0 Å². The molecular formula is C12H17BrN2O2. The zero-order chi connectivity index (χ0) is 12.7. The second-order valence-corrected chi connectivity index (χ2v) is 4.39. The van der Waals surface area contributed by atoms with Crippen LogP contribution >= 0.6 is 15.9 Å². The maximum absolute atomic E-state index is 11.2. The molecule has 17 heavy (non-hydrogen) atoms. The SMILES string of the molecule is CCNC(=O)COc1ccc(Br)c(CCN)c1. The van der Waals surface area contributed by atoms with Crippen molar-refractivity contribution in [1.29, 1.82) is 0 Å². The zero-order valence-corrected chi connectivity index (χ0v) is 11.4. The fourth-order valence-electron chi connectivity index (χ4n) is 1.39. The van der Waals surface area contributed by atoms with Crippen molar-refractivity contribution < 1.29 is 9.53 Å². The van der Waals surface area contributed by atoms with E-state index in [0.717, 1.165) is 16.5 Å². The Hall–Kier alpha value is -1.07. The lowest BCUT2D eigenvalue weighted by Gasteiger charge is -2.09. The molecule has 1 aromatic carbocycles. The average molecular weight is 301 g/mol. The van der Waals surface area contributed by atoms with Crippen LogP contribution in [-0.4, -0.2) is 25.6 Å². The van der Waals surface area contributed by atoms with Gasteiger partial charge in [-0.2, -0.15) is 0 Å². The van der Waals surface area contributed by atoms with Crippen molar-refractivity contribution in [3.8, 4) is 5.75 Å². The molecule has 0 fully saturated rings. The first-order valence-corrected chi connectivity index (χ1v) is 6.34. The largest absolute Gasteiger partial charge is 0.484 e. The van der Waals surface area contributed by atoms with Crippen molar-refractivity contribution in [2.45, 2.75) is 13.3 Å². The number of hydrogen-bond acceptors (Lipinski definition) is 3. The van der Waals surface area contributed by atoms with Crippen molar-refractivity contribution in [3.63, 3.8) is 0 Å². The lowest BCUT2D eigenvalue weighted by molar-refractivity contribution is -0.122. The molecule has 0 heterocycles. The number of nitrogens with one attached hydrogen (secondary N) is 1. The second-order valence-electron chi connectivity index (χ2n) is 3.53. The van der Waals surface area contributed by atoms with E-state index >= 15 is 0 Å². The highest BCUT2D eigenvalue weighted by atomic mass is 79.9. The van der Waals surface area contributed by atoms with E-state index in [9.17, 15) is 4.79 Å². The molecule has 5 heteroatoms. The van der Waals surface area contributed by atoms with Crippen LogP contribution in [-0.2, 0) is 11.2 Å². The van der Waals surface area contributed by atoms with Gasteiger partial charge >= 0.3 is 0 Å². The summed E-state index contributed by atoms with van der Waals surface area (Å²) in [5, 5.41) is 2.67. The summed E-state index contributed by atoms with van der Waals surface area (Å²) in [6, 6.07) is 5.62. The molecule has 94 valence electrons. The van der Waals surface area contributed by atoms with Gasteiger partial charge in [-0.1, -0.05) is 15.9 Å². The van der Waals surface area contributed by atoms with E-state index in [1.54, 1.807) is 0 Å². The standard InChI is InChI=1S/C12H17BrN2O2/c1-2-15-12(16)8-17-10-3-4-11(13)9(7-10)5-6-14/h3-4,7H,2,5-6,8,14H2,1H3,(H,15,16). The van der Waals surface area contributed by atoms with Crippen LogP contribution in [0.2, 0.25) is 0 Å². The molecule has 0 aliphatic carbocycles. The molecule has 1 amide bonds. The summed E-state index contributed by atoms with van der Waals surface area (Å²) in [5.41, 5.74) is 6.60. The first-order chi connectivity index (χ1) is 8.17. The predicted octanol–water partition coefficient (Wildman–Crippen LogP) is 1.47. The number of ether oxygens (including phenoxy) is 1. The van der Waals surface area contributed by atoms with Gasteiger partial charge in [0.1, 0.15) is 5.75 Å². The fraction of sp³-hybridized carbons (Fsp3) is 0.417. The molecule has 3 N–H and O–H groups in total. The topological polar surface area (TPSA) is 64.3 Å². The molecule has 1 aromatic rings. The molecule has 0 aliphatic heterocycles. The third-order valence-corrected chi connectivity index (χ3v) is 2.95. The smallest absolute Gasteiger partial charge is 0.257 e. The van der Waals surface area contributed by atoms with E-state index < -0.39 is 0 Å². The minimum absolute atomic E-state index is 0.0392. The second kappa shape index (κ2) is 7.29. The number of nitrogens with two attached hydrogens (primary N) is 1. The van der Waals surface area contributed by atoms with Crippen LogP contribution in [0.15, 0.2) is 22.7 Å². The normalized spacial score (nSPS) is 10.1. The Kier molecular flexibility index (Phi) is 6.00. The molecule has 0 aliphatic rings.